The van der Waals surface area contributed by atoms with Crippen LogP contribution in [0.25, 0.3) is 10.9 Å². The van der Waals surface area contributed by atoms with Crippen LogP contribution in [-0.4, -0.2) is 4.57 Å². The first kappa shape index (κ1) is 12.2. The van der Waals surface area contributed by atoms with E-state index in [-0.39, 0.29) is 5.82 Å². The highest BCUT2D eigenvalue weighted by Gasteiger charge is 2.04. The molecule has 92 valence electrons. The fraction of sp³-hybridized carbons (Fsp3) is 0.467. The van der Waals surface area contributed by atoms with Gasteiger partial charge in [-0.3, -0.25) is 0 Å². The van der Waals surface area contributed by atoms with E-state index in [0.717, 1.165) is 17.4 Å². The molecule has 0 saturated carbocycles. The molecule has 0 N–H and O–H groups in total. The lowest BCUT2D eigenvalue weighted by Gasteiger charge is -2.05. The number of benzene rings is 1. The van der Waals surface area contributed by atoms with Gasteiger partial charge < -0.3 is 4.57 Å². The minimum Gasteiger partial charge on any atom is -0.347 e. The van der Waals surface area contributed by atoms with Crippen molar-refractivity contribution in [2.45, 2.75) is 45.6 Å². The molecule has 1 aromatic heterocycles. The van der Waals surface area contributed by atoms with Gasteiger partial charge in [0.05, 0.1) is 5.52 Å². The molecule has 17 heavy (non-hydrogen) atoms. The van der Waals surface area contributed by atoms with Crippen LogP contribution in [0, 0.1) is 5.82 Å². The molecule has 0 saturated heterocycles. The largest absolute Gasteiger partial charge is 0.347 e. The first-order valence-electron chi connectivity index (χ1n) is 6.56. The van der Waals surface area contributed by atoms with Crippen molar-refractivity contribution in [1.29, 1.82) is 0 Å². The molecule has 1 heterocycles. The molecular weight excluding hydrogens is 213 g/mol. The Morgan fingerprint density at radius 1 is 1.06 bits per heavy atom. The highest BCUT2D eigenvalue weighted by Crippen LogP contribution is 2.19. The predicted molar refractivity (Wildman–Crippen MR) is 70.7 cm³/mol. The summed E-state index contributed by atoms with van der Waals surface area (Å²) in [7, 11) is 0. The van der Waals surface area contributed by atoms with Gasteiger partial charge in [-0.25, -0.2) is 4.39 Å². The number of halogens is 1. The van der Waals surface area contributed by atoms with Gasteiger partial charge in [-0.2, -0.15) is 0 Å². The van der Waals surface area contributed by atoms with E-state index in [1.165, 1.54) is 38.2 Å². The molecule has 2 aromatic rings. The van der Waals surface area contributed by atoms with Crippen molar-refractivity contribution in [2.24, 2.45) is 0 Å². The second kappa shape index (κ2) is 5.85. The van der Waals surface area contributed by atoms with E-state index in [4.69, 9.17) is 0 Å². The van der Waals surface area contributed by atoms with E-state index in [1.54, 1.807) is 6.07 Å². The lowest BCUT2D eigenvalue weighted by atomic mass is 10.1. The smallest absolute Gasteiger partial charge is 0.132 e. The van der Waals surface area contributed by atoms with E-state index in [1.807, 2.05) is 18.3 Å². The Bertz CT molecular complexity index is 473. The molecule has 1 aromatic carbocycles. The number of nitrogens with zero attached hydrogens (tertiary/aromatic N) is 1. The topological polar surface area (TPSA) is 4.93 Å². The Morgan fingerprint density at radius 2 is 1.88 bits per heavy atom. The molecule has 0 unspecified atom stereocenters. The molecule has 0 amide bonds. The summed E-state index contributed by atoms with van der Waals surface area (Å²) in [6.07, 6.45) is 8.35. The molecule has 0 bridgehead atoms. The summed E-state index contributed by atoms with van der Waals surface area (Å²) in [5.41, 5.74) is 1.01. The van der Waals surface area contributed by atoms with Gasteiger partial charge in [0, 0.05) is 18.1 Å². The molecular formula is C15H20FN. The molecule has 1 nitrogen and oxygen atoms in total. The normalized spacial score (nSPS) is 11.2. The molecule has 0 fully saturated rings. The van der Waals surface area contributed by atoms with Crippen molar-refractivity contribution < 1.29 is 4.39 Å². The number of fused-ring (bicyclic) bond motifs is 1. The van der Waals surface area contributed by atoms with Crippen molar-refractivity contribution in [1.82, 2.24) is 4.57 Å². The second-order valence-corrected chi connectivity index (χ2v) is 4.60. The number of hydrogen-bond donors (Lipinski definition) is 0. The van der Waals surface area contributed by atoms with Crippen molar-refractivity contribution in [3.8, 4) is 0 Å². The molecule has 2 heteroatoms. The quantitative estimate of drug-likeness (QED) is 0.634. The van der Waals surface area contributed by atoms with E-state index in [9.17, 15) is 4.39 Å². The number of rotatable bonds is 6. The van der Waals surface area contributed by atoms with Gasteiger partial charge in [-0.1, -0.05) is 38.7 Å². The maximum atomic E-state index is 13.5. The Labute approximate surface area is 102 Å². The molecule has 0 aliphatic rings. The van der Waals surface area contributed by atoms with E-state index in [2.05, 4.69) is 11.5 Å². The van der Waals surface area contributed by atoms with Gasteiger partial charge in [0.25, 0.3) is 0 Å². The Balaban J connectivity index is 1.97. The van der Waals surface area contributed by atoms with Crippen LogP contribution in [0.5, 0.6) is 0 Å². The lowest BCUT2D eigenvalue weighted by molar-refractivity contribution is 0.577. The van der Waals surface area contributed by atoms with Gasteiger partial charge in [0.2, 0.25) is 0 Å². The Hall–Kier alpha value is -1.31. The van der Waals surface area contributed by atoms with Crippen LogP contribution in [0.4, 0.5) is 4.39 Å². The number of hydrogen-bond acceptors (Lipinski definition) is 0. The van der Waals surface area contributed by atoms with Crippen LogP contribution >= 0.6 is 0 Å². The SMILES string of the molecule is CCCCCCCn1ccc2c(F)cccc21. The summed E-state index contributed by atoms with van der Waals surface area (Å²) in [6, 6.07) is 7.17. The van der Waals surface area contributed by atoms with Crippen LogP contribution in [0.15, 0.2) is 30.5 Å². The zero-order chi connectivity index (χ0) is 12.1. The van der Waals surface area contributed by atoms with Crippen LogP contribution < -0.4 is 0 Å². The molecule has 0 aliphatic carbocycles. The summed E-state index contributed by atoms with van der Waals surface area (Å²) in [4.78, 5) is 0. The van der Waals surface area contributed by atoms with Gasteiger partial charge >= 0.3 is 0 Å². The average molecular weight is 233 g/mol. The summed E-state index contributed by atoms with van der Waals surface area (Å²) in [5, 5.41) is 0.737. The fourth-order valence-corrected chi connectivity index (χ4v) is 2.27. The van der Waals surface area contributed by atoms with Crippen LogP contribution in [0.3, 0.4) is 0 Å². The predicted octanol–water partition coefficient (Wildman–Crippen LogP) is 4.75. The number of unbranched alkanes of at least 4 members (excludes halogenated alkanes) is 4. The number of aromatic nitrogens is 1. The van der Waals surface area contributed by atoms with E-state index in [0.29, 0.717) is 0 Å². The third kappa shape index (κ3) is 2.87. The molecule has 0 radical (unpaired) electrons. The van der Waals surface area contributed by atoms with Crippen molar-refractivity contribution >= 4 is 10.9 Å². The van der Waals surface area contributed by atoms with Gasteiger partial charge in [-0.15, -0.1) is 0 Å². The highest BCUT2D eigenvalue weighted by molar-refractivity contribution is 5.80. The molecule has 2 rings (SSSR count). The van der Waals surface area contributed by atoms with Gasteiger partial charge in [0.1, 0.15) is 5.82 Å². The minimum atomic E-state index is -0.118. The fourth-order valence-electron chi connectivity index (χ4n) is 2.27. The van der Waals surface area contributed by atoms with E-state index < -0.39 is 0 Å². The number of aryl methyl sites for hydroxylation is 1. The Kier molecular flexibility index (Phi) is 4.18. The van der Waals surface area contributed by atoms with Gasteiger partial charge in [0.15, 0.2) is 0 Å². The third-order valence-electron chi connectivity index (χ3n) is 3.26. The van der Waals surface area contributed by atoms with E-state index >= 15 is 0 Å². The highest BCUT2D eigenvalue weighted by atomic mass is 19.1. The van der Waals surface area contributed by atoms with Crippen LogP contribution in [0.1, 0.15) is 39.0 Å². The molecule has 0 atom stereocenters. The maximum Gasteiger partial charge on any atom is 0.132 e. The third-order valence-corrected chi connectivity index (χ3v) is 3.26. The van der Waals surface area contributed by atoms with Crippen molar-refractivity contribution in [3.63, 3.8) is 0 Å². The second-order valence-electron chi connectivity index (χ2n) is 4.60. The first-order valence-corrected chi connectivity index (χ1v) is 6.56. The zero-order valence-electron chi connectivity index (χ0n) is 10.5. The first-order chi connectivity index (χ1) is 8.33. The average Bonchev–Trinajstić information content (AvgIpc) is 2.74. The van der Waals surface area contributed by atoms with Crippen LogP contribution in [-0.2, 0) is 6.54 Å². The maximum absolute atomic E-state index is 13.5. The van der Waals surface area contributed by atoms with Gasteiger partial charge in [-0.05, 0) is 24.6 Å². The monoisotopic (exact) mass is 233 g/mol. The minimum absolute atomic E-state index is 0.118. The van der Waals surface area contributed by atoms with Crippen molar-refractivity contribution in [2.75, 3.05) is 0 Å². The summed E-state index contributed by atoms with van der Waals surface area (Å²) >= 11 is 0. The molecule has 0 aliphatic heterocycles. The summed E-state index contributed by atoms with van der Waals surface area (Å²) in [5.74, 6) is -0.118. The Morgan fingerprint density at radius 3 is 2.71 bits per heavy atom. The lowest BCUT2D eigenvalue weighted by Crippen LogP contribution is -1.96. The molecule has 0 spiro atoms. The zero-order valence-corrected chi connectivity index (χ0v) is 10.5. The summed E-state index contributed by atoms with van der Waals surface area (Å²) < 4.78 is 15.6. The van der Waals surface area contributed by atoms with Crippen molar-refractivity contribution in [3.05, 3.63) is 36.3 Å². The standard InChI is InChI=1S/C15H20FN/c1-2-3-4-5-6-11-17-12-10-13-14(16)8-7-9-15(13)17/h7-10,12H,2-6,11H2,1H3. The van der Waals surface area contributed by atoms with Crippen LogP contribution in [0.2, 0.25) is 0 Å². The summed E-state index contributed by atoms with van der Waals surface area (Å²) in [6.45, 7) is 3.22.